The number of halogens is 8. The van der Waals surface area contributed by atoms with Crippen molar-refractivity contribution < 1.29 is 26.3 Å². The maximum atomic E-state index is 16.2. The lowest BCUT2D eigenvalue weighted by atomic mass is 9.89. The van der Waals surface area contributed by atoms with Crippen molar-refractivity contribution >= 4 is 79.0 Å². The predicted octanol–water partition coefficient (Wildman–Crippen LogP) is 21.1. The summed E-state index contributed by atoms with van der Waals surface area (Å²) in [7, 11) is 0. The van der Waals surface area contributed by atoms with Crippen LogP contribution in [0.4, 0.5) is 26.3 Å². The van der Waals surface area contributed by atoms with Gasteiger partial charge in [-0.15, -0.1) is 22.7 Å². The zero-order chi connectivity index (χ0) is 44.7. The number of aryl methyl sites for hydroxylation is 2. The molecule has 0 saturated carbocycles. The van der Waals surface area contributed by atoms with Crippen LogP contribution in [0.15, 0.2) is 0 Å². The Hall–Kier alpha value is 0.180. The number of rotatable bonds is 36. The first-order valence-electron chi connectivity index (χ1n) is 24.7. The molecule has 1 aliphatic rings. The monoisotopic (exact) mass is 1120 g/mol. The first kappa shape index (κ1) is 55.5. The molecule has 0 unspecified atom stereocenters. The molecule has 0 nitrogen and oxygen atoms in total. The van der Waals surface area contributed by atoms with E-state index >= 15 is 26.3 Å². The van der Waals surface area contributed by atoms with E-state index in [0.717, 1.165) is 44.3 Å². The molecule has 0 bridgehead atoms. The number of hydrogen-bond donors (Lipinski definition) is 0. The third-order valence-electron chi connectivity index (χ3n) is 13.0. The van der Waals surface area contributed by atoms with Gasteiger partial charge in [0, 0.05) is 32.0 Å². The molecule has 2 aromatic rings. The third kappa shape index (κ3) is 16.8. The average Bonchev–Trinajstić information content (AvgIpc) is 3.69. The lowest BCUT2D eigenvalue weighted by molar-refractivity contribution is -0.254. The van der Waals surface area contributed by atoms with E-state index in [4.69, 9.17) is 0 Å². The Kier molecular flexibility index (Phi) is 27.1. The van der Waals surface area contributed by atoms with Crippen LogP contribution in [0.5, 0.6) is 0 Å². The Labute approximate surface area is 403 Å². The molecule has 0 aromatic carbocycles. The highest BCUT2D eigenvalue weighted by molar-refractivity contribution is 14.1. The van der Waals surface area contributed by atoms with Gasteiger partial charge in [0.05, 0.1) is 5.77 Å². The van der Waals surface area contributed by atoms with Gasteiger partial charge in [-0.05, 0) is 95.8 Å². The van der Waals surface area contributed by atoms with E-state index in [0.29, 0.717) is 46.6 Å². The molecule has 2 aromatic heterocycles. The molecule has 0 aliphatic heterocycles. The second-order valence-electron chi connectivity index (χ2n) is 18.2. The Balaban J connectivity index is 1.58. The summed E-state index contributed by atoms with van der Waals surface area (Å²) in [6.45, 7) is 7.74. The highest BCUT2D eigenvalue weighted by Crippen LogP contribution is 2.66. The van der Waals surface area contributed by atoms with Crippen LogP contribution in [-0.2, 0) is 12.8 Å². The molecule has 352 valence electrons. The van der Waals surface area contributed by atoms with Crippen LogP contribution < -0.4 is 0 Å². The van der Waals surface area contributed by atoms with Gasteiger partial charge in [-0.3, -0.25) is 0 Å². The van der Waals surface area contributed by atoms with E-state index in [1.54, 1.807) is 13.8 Å². The minimum Gasteiger partial charge on any atom is -0.194 e. The number of alkyl halides is 6. The van der Waals surface area contributed by atoms with Gasteiger partial charge >= 0.3 is 17.8 Å². The molecular formula is C51H80F6I2S2. The SMILES string of the molecule is CCCCCCCCCCCCCCCCCCc1c(I)sc(C)c1C1=C(c2c(C)sc(I)c2CCCCCCCCCCCCCCCCCC)C(F)(F)C(F)(F)C1(F)F. The Morgan fingerprint density at radius 2 is 0.574 bits per heavy atom. The average molecular weight is 1130 g/mol. The minimum atomic E-state index is -5.54. The Morgan fingerprint density at radius 3 is 0.803 bits per heavy atom. The maximum Gasteiger partial charge on any atom is 0.380 e. The second kappa shape index (κ2) is 29.7. The fourth-order valence-electron chi connectivity index (χ4n) is 9.30. The molecule has 0 radical (unpaired) electrons. The second-order valence-corrected chi connectivity index (χ2v) is 24.2. The summed E-state index contributed by atoms with van der Waals surface area (Å²) < 4.78 is 97.4. The summed E-state index contributed by atoms with van der Waals surface area (Å²) in [6, 6.07) is 0. The number of allylic oxidation sites excluding steroid dienone is 2. The largest absolute Gasteiger partial charge is 0.380 e. The molecule has 3 rings (SSSR count). The molecule has 10 heteroatoms. The minimum absolute atomic E-state index is 0.0684. The van der Waals surface area contributed by atoms with Gasteiger partial charge in [-0.1, -0.05) is 206 Å². The first-order chi connectivity index (χ1) is 29.3. The topological polar surface area (TPSA) is 0 Å². The van der Waals surface area contributed by atoms with E-state index in [9.17, 15) is 0 Å². The molecular weight excluding hydrogens is 1040 g/mol. The van der Waals surface area contributed by atoms with Crippen LogP contribution in [0.2, 0.25) is 0 Å². The summed E-state index contributed by atoms with van der Waals surface area (Å²) in [5.74, 6) is -15.6. The highest BCUT2D eigenvalue weighted by atomic mass is 127. The van der Waals surface area contributed by atoms with Gasteiger partial charge in [-0.2, -0.15) is 26.3 Å². The molecule has 61 heavy (non-hydrogen) atoms. The van der Waals surface area contributed by atoms with Crippen LogP contribution >= 0.6 is 67.9 Å². The van der Waals surface area contributed by atoms with Crippen LogP contribution in [0.25, 0.3) is 11.1 Å². The van der Waals surface area contributed by atoms with E-state index in [1.807, 2.05) is 0 Å². The molecule has 0 fully saturated rings. The van der Waals surface area contributed by atoms with E-state index in [-0.39, 0.29) is 11.1 Å². The van der Waals surface area contributed by atoms with E-state index in [1.165, 1.54) is 177 Å². The lowest BCUT2D eigenvalue weighted by Crippen LogP contribution is -2.49. The number of hydrogen-bond acceptors (Lipinski definition) is 2. The van der Waals surface area contributed by atoms with Crippen molar-refractivity contribution in [3.05, 3.63) is 37.8 Å². The van der Waals surface area contributed by atoms with Crippen LogP contribution in [-0.4, -0.2) is 17.8 Å². The van der Waals surface area contributed by atoms with Gasteiger partial charge < -0.3 is 0 Å². The van der Waals surface area contributed by atoms with Gasteiger partial charge in [0.1, 0.15) is 0 Å². The van der Waals surface area contributed by atoms with Gasteiger partial charge in [-0.25, -0.2) is 0 Å². The maximum absolute atomic E-state index is 16.2. The van der Waals surface area contributed by atoms with Crippen molar-refractivity contribution in [3.8, 4) is 0 Å². The summed E-state index contributed by atoms with van der Waals surface area (Å²) in [5, 5.41) is 0. The van der Waals surface area contributed by atoms with Crippen molar-refractivity contribution in [1.82, 2.24) is 0 Å². The van der Waals surface area contributed by atoms with Gasteiger partial charge in [0.2, 0.25) is 0 Å². The van der Waals surface area contributed by atoms with Crippen molar-refractivity contribution in [2.45, 2.75) is 264 Å². The van der Waals surface area contributed by atoms with Gasteiger partial charge in [0.25, 0.3) is 0 Å². The smallest absolute Gasteiger partial charge is 0.194 e. The van der Waals surface area contributed by atoms with Crippen LogP contribution in [0.1, 0.15) is 251 Å². The van der Waals surface area contributed by atoms with Crippen molar-refractivity contribution in [2.75, 3.05) is 0 Å². The summed E-state index contributed by atoms with van der Waals surface area (Å²) in [5.41, 5.74) is -1.37. The molecule has 2 heterocycles. The summed E-state index contributed by atoms with van der Waals surface area (Å²) >= 11 is 6.67. The van der Waals surface area contributed by atoms with E-state index in [2.05, 4.69) is 59.0 Å². The highest BCUT2D eigenvalue weighted by Gasteiger charge is 2.80. The van der Waals surface area contributed by atoms with Crippen molar-refractivity contribution in [1.29, 1.82) is 0 Å². The van der Waals surface area contributed by atoms with Crippen molar-refractivity contribution in [2.24, 2.45) is 0 Å². The molecule has 0 amide bonds. The standard InChI is InChI=1S/C51H80F6I2S2/c1-5-7-9-11-13-15-17-19-21-23-25-27-29-31-33-35-37-41-43(39(3)60-47(41)58)45-46(50(54,55)51(56,57)49(45,52)53)44-40(4)61-48(59)42(44)38-36-34-32-30-28-26-24-22-20-18-16-14-12-10-8-6-2/h5-38H2,1-4H3. The van der Waals surface area contributed by atoms with Crippen molar-refractivity contribution in [3.63, 3.8) is 0 Å². The van der Waals surface area contributed by atoms with Crippen LogP contribution in [0, 0.1) is 19.6 Å². The van der Waals surface area contributed by atoms with E-state index < -0.39 is 28.9 Å². The zero-order valence-electron chi connectivity index (χ0n) is 38.4. The molecule has 0 spiro atoms. The molecule has 0 saturated heterocycles. The number of unbranched alkanes of at least 4 members (excludes halogenated alkanes) is 30. The fraction of sp³-hybridized carbons (Fsp3) is 0.804. The fourth-order valence-corrected chi connectivity index (χ4v) is 14.2. The van der Waals surface area contributed by atoms with Crippen LogP contribution in [0.3, 0.4) is 0 Å². The van der Waals surface area contributed by atoms with Gasteiger partial charge in [0.15, 0.2) is 0 Å². The quantitative estimate of drug-likeness (QED) is 0.0362. The third-order valence-corrected chi connectivity index (χ3v) is 17.5. The molecule has 0 atom stereocenters. The summed E-state index contributed by atoms with van der Waals surface area (Å²) in [6.07, 6.45) is 39.6. The normalized spacial score (nSPS) is 15.8. The molecule has 1 aliphatic carbocycles. The summed E-state index contributed by atoms with van der Waals surface area (Å²) in [4.78, 5) is 0.803. The Morgan fingerprint density at radius 1 is 0.361 bits per heavy atom. The zero-order valence-corrected chi connectivity index (χ0v) is 44.3. The lowest BCUT2D eigenvalue weighted by Gasteiger charge is -2.26. The molecule has 0 N–H and O–H groups in total. The predicted molar refractivity (Wildman–Crippen MR) is 272 cm³/mol. The first-order valence-corrected chi connectivity index (χ1v) is 28.5. The number of thiophene rings is 2. The Bertz CT molecular complexity index is 1430.